The Labute approximate surface area is 118 Å². The fourth-order valence-corrected chi connectivity index (χ4v) is 1.77. The summed E-state index contributed by atoms with van der Waals surface area (Å²) in [5, 5.41) is 13.5. The van der Waals surface area contributed by atoms with Crippen molar-refractivity contribution < 1.29 is 14.1 Å². The van der Waals surface area contributed by atoms with Gasteiger partial charge in [-0.2, -0.15) is 0 Å². The number of nitro groups is 1. The molecule has 0 saturated heterocycles. The standard InChI is InChI=1S/C13H11FN4O3/c14-8-4-6-9(7-5-8)16-13(19)10-2-1-3-11(17-15)12(10)18(20)21/h1-7,17H,15H2,(H,16,19). The van der Waals surface area contributed by atoms with Crippen LogP contribution in [0.5, 0.6) is 0 Å². The highest BCUT2D eigenvalue weighted by Gasteiger charge is 2.24. The van der Waals surface area contributed by atoms with Gasteiger partial charge >= 0.3 is 5.69 Å². The Morgan fingerprint density at radius 1 is 1.19 bits per heavy atom. The van der Waals surface area contributed by atoms with Gasteiger partial charge in [0.1, 0.15) is 17.1 Å². The summed E-state index contributed by atoms with van der Waals surface area (Å²) in [4.78, 5) is 22.5. The second-order valence-corrected chi connectivity index (χ2v) is 4.06. The molecule has 0 unspecified atom stereocenters. The molecule has 1 amide bonds. The molecule has 0 spiro atoms. The van der Waals surface area contributed by atoms with Crippen molar-refractivity contribution >= 4 is 23.0 Å². The van der Waals surface area contributed by atoms with Gasteiger partial charge in [-0.15, -0.1) is 0 Å². The number of hydrogen-bond donors (Lipinski definition) is 3. The third-order valence-electron chi connectivity index (χ3n) is 2.72. The molecule has 0 bridgehead atoms. The van der Waals surface area contributed by atoms with Gasteiger partial charge in [-0.3, -0.25) is 20.8 Å². The zero-order valence-electron chi connectivity index (χ0n) is 10.7. The molecule has 2 aromatic rings. The van der Waals surface area contributed by atoms with Crippen molar-refractivity contribution in [3.63, 3.8) is 0 Å². The van der Waals surface area contributed by atoms with E-state index in [9.17, 15) is 19.3 Å². The summed E-state index contributed by atoms with van der Waals surface area (Å²) in [6, 6.07) is 9.18. The first-order chi connectivity index (χ1) is 10.0. The van der Waals surface area contributed by atoms with Gasteiger partial charge in [0.05, 0.1) is 4.92 Å². The number of carbonyl (C=O) groups is 1. The zero-order valence-corrected chi connectivity index (χ0v) is 10.7. The molecule has 0 radical (unpaired) electrons. The Morgan fingerprint density at radius 3 is 2.43 bits per heavy atom. The third-order valence-corrected chi connectivity index (χ3v) is 2.72. The lowest BCUT2D eigenvalue weighted by Gasteiger charge is -2.08. The van der Waals surface area contributed by atoms with Crippen LogP contribution in [-0.2, 0) is 0 Å². The molecular weight excluding hydrogens is 279 g/mol. The molecule has 0 saturated carbocycles. The predicted octanol–water partition coefficient (Wildman–Crippen LogP) is 2.27. The minimum atomic E-state index is -0.700. The van der Waals surface area contributed by atoms with E-state index in [1.807, 2.05) is 0 Å². The van der Waals surface area contributed by atoms with Gasteiger partial charge in [0.15, 0.2) is 0 Å². The maximum atomic E-state index is 12.8. The Kier molecular flexibility index (Phi) is 4.10. The maximum absolute atomic E-state index is 12.8. The van der Waals surface area contributed by atoms with Crippen LogP contribution >= 0.6 is 0 Å². The summed E-state index contributed by atoms with van der Waals surface area (Å²) < 4.78 is 12.8. The SMILES string of the molecule is NNc1cccc(C(=O)Nc2ccc(F)cc2)c1[N+](=O)[O-]. The van der Waals surface area contributed by atoms with Crippen LogP contribution in [0.4, 0.5) is 21.5 Å². The Balaban J connectivity index is 2.35. The van der Waals surface area contributed by atoms with E-state index in [2.05, 4.69) is 10.7 Å². The number of nitrogen functional groups attached to an aromatic ring is 1. The molecule has 4 N–H and O–H groups in total. The monoisotopic (exact) mass is 290 g/mol. The second-order valence-electron chi connectivity index (χ2n) is 4.06. The van der Waals surface area contributed by atoms with Crippen LogP contribution in [0.2, 0.25) is 0 Å². The largest absolute Gasteiger partial charge is 0.322 e. The van der Waals surface area contributed by atoms with Crippen LogP contribution < -0.4 is 16.6 Å². The topological polar surface area (TPSA) is 110 Å². The number of benzene rings is 2. The molecule has 2 aromatic carbocycles. The molecule has 0 atom stereocenters. The fraction of sp³-hybridized carbons (Fsp3) is 0. The average molecular weight is 290 g/mol. The van der Waals surface area contributed by atoms with Crippen LogP contribution in [0.3, 0.4) is 0 Å². The lowest BCUT2D eigenvalue weighted by Crippen LogP contribution is -2.16. The lowest BCUT2D eigenvalue weighted by molar-refractivity contribution is -0.384. The first-order valence-electron chi connectivity index (χ1n) is 5.84. The van der Waals surface area contributed by atoms with E-state index in [-0.39, 0.29) is 11.3 Å². The highest BCUT2D eigenvalue weighted by atomic mass is 19.1. The second kappa shape index (κ2) is 5.97. The van der Waals surface area contributed by atoms with Crippen LogP contribution in [0.15, 0.2) is 42.5 Å². The first kappa shape index (κ1) is 14.4. The van der Waals surface area contributed by atoms with Gasteiger partial charge in [0.25, 0.3) is 5.91 Å². The molecule has 21 heavy (non-hydrogen) atoms. The molecule has 7 nitrogen and oxygen atoms in total. The number of nitrogens with zero attached hydrogens (tertiary/aromatic N) is 1. The Morgan fingerprint density at radius 2 is 1.86 bits per heavy atom. The van der Waals surface area contributed by atoms with E-state index in [0.29, 0.717) is 5.69 Å². The molecular formula is C13H11FN4O3. The molecule has 0 aliphatic heterocycles. The number of nitrogens with one attached hydrogen (secondary N) is 2. The molecule has 0 aliphatic carbocycles. The van der Waals surface area contributed by atoms with Crippen molar-refractivity contribution in [2.45, 2.75) is 0 Å². The van der Waals surface area contributed by atoms with E-state index >= 15 is 0 Å². The Bertz CT molecular complexity index is 688. The number of para-hydroxylation sites is 1. The van der Waals surface area contributed by atoms with E-state index in [4.69, 9.17) is 5.84 Å². The number of carbonyl (C=O) groups excluding carboxylic acids is 1. The average Bonchev–Trinajstić information content (AvgIpc) is 2.48. The van der Waals surface area contributed by atoms with Gasteiger partial charge in [-0.05, 0) is 36.4 Å². The summed E-state index contributed by atoms with van der Waals surface area (Å²) in [6.45, 7) is 0. The quantitative estimate of drug-likeness (QED) is 0.454. The molecule has 0 fully saturated rings. The number of hydrogen-bond acceptors (Lipinski definition) is 5. The third kappa shape index (κ3) is 3.12. The van der Waals surface area contributed by atoms with E-state index < -0.39 is 22.3 Å². The van der Waals surface area contributed by atoms with Crippen molar-refractivity contribution in [1.29, 1.82) is 0 Å². The maximum Gasteiger partial charge on any atom is 0.306 e. The van der Waals surface area contributed by atoms with Crippen LogP contribution in [0.25, 0.3) is 0 Å². The summed E-state index contributed by atoms with van der Waals surface area (Å²) >= 11 is 0. The molecule has 0 heterocycles. The molecule has 0 aliphatic rings. The minimum Gasteiger partial charge on any atom is -0.322 e. The van der Waals surface area contributed by atoms with Crippen molar-refractivity contribution in [1.82, 2.24) is 0 Å². The number of hydrazine groups is 1. The Hall–Kier alpha value is -3.00. The van der Waals surface area contributed by atoms with Crippen molar-refractivity contribution in [2.75, 3.05) is 10.7 Å². The summed E-state index contributed by atoms with van der Waals surface area (Å²) in [6.07, 6.45) is 0. The van der Waals surface area contributed by atoms with Crippen molar-refractivity contribution in [2.24, 2.45) is 5.84 Å². The number of rotatable bonds is 4. The van der Waals surface area contributed by atoms with Gasteiger partial charge in [-0.1, -0.05) is 6.07 Å². The number of anilines is 2. The zero-order chi connectivity index (χ0) is 15.4. The highest BCUT2D eigenvalue weighted by molar-refractivity contribution is 6.08. The predicted molar refractivity (Wildman–Crippen MR) is 75.3 cm³/mol. The summed E-state index contributed by atoms with van der Waals surface area (Å²) in [7, 11) is 0. The highest BCUT2D eigenvalue weighted by Crippen LogP contribution is 2.28. The van der Waals surface area contributed by atoms with E-state index in [1.54, 1.807) is 0 Å². The normalized spacial score (nSPS) is 10.0. The van der Waals surface area contributed by atoms with Gasteiger partial charge < -0.3 is 10.7 Å². The smallest absolute Gasteiger partial charge is 0.306 e. The molecule has 108 valence electrons. The van der Waals surface area contributed by atoms with Crippen LogP contribution in [0, 0.1) is 15.9 Å². The summed E-state index contributed by atoms with van der Waals surface area (Å²) in [5.41, 5.74) is 1.93. The molecule has 8 heteroatoms. The van der Waals surface area contributed by atoms with E-state index in [1.165, 1.54) is 42.5 Å². The number of nitrogens with two attached hydrogens (primary N) is 1. The van der Waals surface area contributed by atoms with Crippen LogP contribution in [-0.4, -0.2) is 10.8 Å². The molecule has 2 rings (SSSR count). The van der Waals surface area contributed by atoms with Crippen LogP contribution in [0.1, 0.15) is 10.4 Å². The fourth-order valence-electron chi connectivity index (χ4n) is 1.77. The first-order valence-corrected chi connectivity index (χ1v) is 5.84. The number of halogens is 1. The van der Waals surface area contributed by atoms with Gasteiger partial charge in [-0.25, -0.2) is 4.39 Å². The molecule has 0 aromatic heterocycles. The van der Waals surface area contributed by atoms with Crippen molar-refractivity contribution in [3.8, 4) is 0 Å². The lowest BCUT2D eigenvalue weighted by atomic mass is 10.1. The number of nitro benzene ring substituents is 1. The van der Waals surface area contributed by atoms with Gasteiger partial charge in [0, 0.05) is 5.69 Å². The van der Waals surface area contributed by atoms with Gasteiger partial charge in [0.2, 0.25) is 0 Å². The summed E-state index contributed by atoms with van der Waals surface area (Å²) in [5.74, 6) is 4.06. The van der Waals surface area contributed by atoms with E-state index in [0.717, 1.165) is 0 Å². The number of amides is 1. The minimum absolute atomic E-state index is 0.0201. The van der Waals surface area contributed by atoms with Crippen molar-refractivity contribution in [3.05, 3.63) is 64.0 Å².